The van der Waals surface area contributed by atoms with Crippen LogP contribution in [0.4, 0.5) is 5.69 Å². The molecule has 1 saturated heterocycles. The van der Waals surface area contributed by atoms with Crippen LogP contribution in [0.1, 0.15) is 18.4 Å². The van der Waals surface area contributed by atoms with Crippen molar-refractivity contribution in [2.24, 2.45) is 11.8 Å². The van der Waals surface area contributed by atoms with Crippen molar-refractivity contribution in [3.63, 3.8) is 0 Å². The molecule has 1 saturated carbocycles. The van der Waals surface area contributed by atoms with Gasteiger partial charge in [-0.25, -0.2) is 0 Å². The SMILES string of the molecule is CNCc1cc(Cl)ccc1N1CC2CCC(O)C2C1. The fourth-order valence-corrected chi connectivity index (χ4v) is 3.82. The van der Waals surface area contributed by atoms with Crippen molar-refractivity contribution in [1.29, 1.82) is 0 Å². The molecule has 0 amide bonds. The monoisotopic (exact) mass is 280 g/mol. The van der Waals surface area contributed by atoms with E-state index in [1.807, 2.05) is 19.2 Å². The highest BCUT2D eigenvalue weighted by molar-refractivity contribution is 6.30. The highest BCUT2D eigenvalue weighted by Gasteiger charge is 2.42. The first kappa shape index (κ1) is 13.2. The number of aliphatic hydroxyl groups excluding tert-OH is 1. The molecule has 104 valence electrons. The van der Waals surface area contributed by atoms with E-state index in [1.165, 1.54) is 11.3 Å². The van der Waals surface area contributed by atoms with E-state index in [2.05, 4.69) is 16.3 Å². The molecule has 1 aromatic rings. The van der Waals surface area contributed by atoms with Gasteiger partial charge in [0.1, 0.15) is 0 Å². The van der Waals surface area contributed by atoms with Crippen LogP contribution in [0.2, 0.25) is 5.02 Å². The summed E-state index contributed by atoms with van der Waals surface area (Å²) < 4.78 is 0. The zero-order chi connectivity index (χ0) is 13.4. The molecule has 1 heterocycles. The molecule has 1 aliphatic carbocycles. The van der Waals surface area contributed by atoms with Crippen molar-refractivity contribution in [3.05, 3.63) is 28.8 Å². The Morgan fingerprint density at radius 2 is 2.21 bits per heavy atom. The standard InChI is InChI=1S/C15H21ClN2O/c1-17-7-11-6-12(16)3-4-14(11)18-8-10-2-5-15(19)13(10)9-18/h3-4,6,10,13,15,17,19H,2,5,7-9H2,1H3. The van der Waals surface area contributed by atoms with Gasteiger partial charge in [-0.3, -0.25) is 0 Å². The summed E-state index contributed by atoms with van der Waals surface area (Å²) >= 11 is 6.09. The number of nitrogens with zero attached hydrogens (tertiary/aromatic N) is 1. The lowest BCUT2D eigenvalue weighted by Crippen LogP contribution is -2.25. The number of anilines is 1. The van der Waals surface area contributed by atoms with Crippen LogP contribution in [-0.4, -0.2) is 31.3 Å². The maximum Gasteiger partial charge on any atom is 0.0588 e. The molecular formula is C15H21ClN2O. The minimum atomic E-state index is -0.102. The third kappa shape index (κ3) is 2.47. The van der Waals surface area contributed by atoms with Gasteiger partial charge in [0, 0.05) is 36.3 Å². The molecule has 1 aromatic carbocycles. The number of hydrogen-bond donors (Lipinski definition) is 2. The van der Waals surface area contributed by atoms with Crippen molar-refractivity contribution in [1.82, 2.24) is 5.32 Å². The molecule has 3 atom stereocenters. The fraction of sp³-hybridized carbons (Fsp3) is 0.600. The molecule has 3 nitrogen and oxygen atoms in total. The van der Waals surface area contributed by atoms with Gasteiger partial charge in [-0.1, -0.05) is 11.6 Å². The molecule has 4 heteroatoms. The molecule has 1 aliphatic heterocycles. The van der Waals surface area contributed by atoms with Crippen LogP contribution in [0.15, 0.2) is 18.2 Å². The number of benzene rings is 1. The molecule has 19 heavy (non-hydrogen) atoms. The topological polar surface area (TPSA) is 35.5 Å². The number of aliphatic hydroxyl groups is 1. The number of nitrogens with one attached hydrogen (secondary N) is 1. The minimum Gasteiger partial charge on any atom is -0.393 e. The lowest BCUT2D eigenvalue weighted by atomic mass is 10.00. The molecular weight excluding hydrogens is 260 g/mol. The van der Waals surface area contributed by atoms with Gasteiger partial charge in [-0.2, -0.15) is 0 Å². The van der Waals surface area contributed by atoms with Crippen LogP contribution in [0.3, 0.4) is 0 Å². The first-order chi connectivity index (χ1) is 9.19. The second kappa shape index (κ2) is 5.31. The van der Waals surface area contributed by atoms with E-state index in [4.69, 9.17) is 11.6 Å². The predicted octanol–water partition coefficient (Wildman–Crippen LogP) is 2.27. The summed E-state index contributed by atoms with van der Waals surface area (Å²) in [6.07, 6.45) is 2.04. The molecule has 2 fully saturated rings. The Kier molecular flexibility index (Phi) is 3.70. The predicted molar refractivity (Wildman–Crippen MR) is 78.6 cm³/mol. The smallest absolute Gasteiger partial charge is 0.0588 e. The van der Waals surface area contributed by atoms with Gasteiger partial charge in [0.05, 0.1) is 6.10 Å². The summed E-state index contributed by atoms with van der Waals surface area (Å²) in [5, 5.41) is 14.0. The molecule has 3 unspecified atom stereocenters. The summed E-state index contributed by atoms with van der Waals surface area (Å²) in [6, 6.07) is 6.11. The van der Waals surface area contributed by atoms with Crippen LogP contribution in [0.5, 0.6) is 0 Å². The second-order valence-electron chi connectivity index (χ2n) is 5.78. The van der Waals surface area contributed by atoms with Gasteiger partial charge in [0.25, 0.3) is 0 Å². The molecule has 3 rings (SSSR count). The molecule has 0 spiro atoms. The zero-order valence-electron chi connectivity index (χ0n) is 11.3. The van der Waals surface area contributed by atoms with Crippen LogP contribution in [0.25, 0.3) is 0 Å². The zero-order valence-corrected chi connectivity index (χ0v) is 12.0. The van der Waals surface area contributed by atoms with E-state index in [9.17, 15) is 5.11 Å². The second-order valence-corrected chi connectivity index (χ2v) is 6.21. The number of halogens is 1. The number of rotatable bonds is 3. The Labute approximate surface area is 119 Å². The van der Waals surface area contributed by atoms with Crippen LogP contribution in [-0.2, 0) is 6.54 Å². The van der Waals surface area contributed by atoms with Gasteiger partial charge in [0.15, 0.2) is 0 Å². The van der Waals surface area contributed by atoms with Gasteiger partial charge < -0.3 is 15.3 Å². The lowest BCUT2D eigenvalue weighted by molar-refractivity contribution is 0.133. The van der Waals surface area contributed by atoms with Crippen molar-refractivity contribution >= 4 is 17.3 Å². The highest BCUT2D eigenvalue weighted by Crippen LogP contribution is 2.40. The summed E-state index contributed by atoms with van der Waals surface area (Å²) in [5.74, 6) is 1.12. The largest absolute Gasteiger partial charge is 0.393 e. The Hall–Kier alpha value is -0.770. The maximum absolute atomic E-state index is 10.0. The normalized spacial score (nSPS) is 29.8. The lowest BCUT2D eigenvalue weighted by Gasteiger charge is -2.23. The molecule has 0 bridgehead atoms. The van der Waals surface area contributed by atoms with Gasteiger partial charge in [-0.05, 0) is 49.6 Å². The third-order valence-electron chi connectivity index (χ3n) is 4.57. The van der Waals surface area contributed by atoms with Crippen molar-refractivity contribution in [2.45, 2.75) is 25.5 Å². The summed E-state index contributed by atoms with van der Waals surface area (Å²) in [5.41, 5.74) is 2.50. The molecule has 2 N–H and O–H groups in total. The first-order valence-electron chi connectivity index (χ1n) is 7.05. The molecule has 2 aliphatic rings. The van der Waals surface area contributed by atoms with E-state index >= 15 is 0 Å². The van der Waals surface area contributed by atoms with Crippen molar-refractivity contribution in [3.8, 4) is 0 Å². The van der Waals surface area contributed by atoms with Crippen molar-refractivity contribution in [2.75, 3.05) is 25.0 Å². The Morgan fingerprint density at radius 1 is 1.37 bits per heavy atom. The Bertz CT molecular complexity index is 465. The highest BCUT2D eigenvalue weighted by atomic mass is 35.5. The van der Waals surface area contributed by atoms with Gasteiger partial charge in [0.2, 0.25) is 0 Å². The molecule has 0 aromatic heterocycles. The third-order valence-corrected chi connectivity index (χ3v) is 4.80. The van der Waals surface area contributed by atoms with E-state index in [0.717, 1.165) is 37.5 Å². The fourth-order valence-electron chi connectivity index (χ4n) is 3.63. The number of fused-ring (bicyclic) bond motifs is 1. The Balaban J connectivity index is 1.83. The van der Waals surface area contributed by atoms with Crippen LogP contribution >= 0.6 is 11.6 Å². The summed E-state index contributed by atoms with van der Waals surface area (Å²) in [7, 11) is 1.95. The van der Waals surface area contributed by atoms with E-state index < -0.39 is 0 Å². The first-order valence-corrected chi connectivity index (χ1v) is 7.43. The molecule has 0 radical (unpaired) electrons. The minimum absolute atomic E-state index is 0.102. The maximum atomic E-state index is 10.0. The Morgan fingerprint density at radius 3 is 2.95 bits per heavy atom. The average Bonchev–Trinajstić information content (AvgIpc) is 2.93. The summed E-state index contributed by atoms with van der Waals surface area (Å²) in [4.78, 5) is 2.42. The average molecular weight is 281 g/mol. The van der Waals surface area contributed by atoms with Crippen LogP contribution in [0, 0.1) is 11.8 Å². The van der Waals surface area contributed by atoms with Gasteiger partial charge >= 0.3 is 0 Å². The summed E-state index contributed by atoms with van der Waals surface area (Å²) in [6.45, 7) is 2.87. The van der Waals surface area contributed by atoms with E-state index in [1.54, 1.807) is 0 Å². The number of hydrogen-bond acceptors (Lipinski definition) is 3. The quantitative estimate of drug-likeness (QED) is 0.892. The van der Waals surface area contributed by atoms with E-state index in [-0.39, 0.29) is 6.10 Å². The van der Waals surface area contributed by atoms with Crippen LogP contribution < -0.4 is 10.2 Å². The van der Waals surface area contributed by atoms with Gasteiger partial charge in [-0.15, -0.1) is 0 Å². The van der Waals surface area contributed by atoms with Crippen molar-refractivity contribution < 1.29 is 5.11 Å². The van der Waals surface area contributed by atoms with E-state index in [0.29, 0.717) is 11.8 Å².